The first kappa shape index (κ1) is 13.5. The van der Waals surface area contributed by atoms with Crippen LogP contribution in [0, 0.1) is 0 Å². The summed E-state index contributed by atoms with van der Waals surface area (Å²) in [5, 5.41) is 3.70. The summed E-state index contributed by atoms with van der Waals surface area (Å²) in [4.78, 5) is 10.5. The summed E-state index contributed by atoms with van der Waals surface area (Å²) in [5.74, 6) is 0.713. The van der Waals surface area contributed by atoms with Gasteiger partial charge in [-0.05, 0) is 24.6 Å². The highest BCUT2D eigenvalue weighted by Gasteiger charge is 2.02. The van der Waals surface area contributed by atoms with E-state index in [0.717, 1.165) is 16.5 Å². The van der Waals surface area contributed by atoms with Crippen LogP contribution in [0.5, 0.6) is 5.75 Å². The molecule has 3 N–H and O–H groups in total. The molecule has 0 aromatic heterocycles. The summed E-state index contributed by atoms with van der Waals surface area (Å²) < 4.78 is 6.45. The molecular formula is C11H14BrN3O2. The molecule has 0 aliphatic carbocycles. The zero-order valence-electron chi connectivity index (χ0n) is 9.44. The molecule has 2 amide bonds. The molecule has 1 aromatic rings. The van der Waals surface area contributed by atoms with Gasteiger partial charge in [0.2, 0.25) is 0 Å². The molecule has 0 unspecified atom stereocenters. The Morgan fingerprint density at radius 2 is 2.41 bits per heavy atom. The Labute approximate surface area is 108 Å². The smallest absolute Gasteiger partial charge is 0.332 e. The molecule has 92 valence electrons. The highest BCUT2D eigenvalue weighted by molar-refractivity contribution is 9.10. The number of hydrogen-bond donors (Lipinski definition) is 2. The molecule has 6 heteroatoms. The maximum atomic E-state index is 10.5. The fraction of sp³-hybridized carbons (Fsp3) is 0.273. The van der Waals surface area contributed by atoms with Crippen molar-refractivity contribution >= 4 is 28.2 Å². The Kier molecular flexibility index (Phi) is 5.48. The lowest BCUT2D eigenvalue weighted by molar-refractivity contribution is 0.249. The van der Waals surface area contributed by atoms with Crippen molar-refractivity contribution in [3.63, 3.8) is 0 Å². The first-order valence-electron chi connectivity index (χ1n) is 5.14. The number of nitrogens with two attached hydrogens (primary N) is 1. The Morgan fingerprint density at radius 1 is 1.65 bits per heavy atom. The lowest BCUT2D eigenvalue weighted by Crippen LogP contribution is -2.24. The van der Waals surface area contributed by atoms with Crippen LogP contribution in [-0.2, 0) is 0 Å². The maximum Gasteiger partial charge on any atom is 0.332 e. The van der Waals surface area contributed by atoms with Crippen LogP contribution < -0.4 is 15.9 Å². The van der Waals surface area contributed by atoms with E-state index < -0.39 is 6.03 Å². The minimum Gasteiger partial charge on any atom is -0.493 e. The molecule has 0 aliphatic heterocycles. The number of benzene rings is 1. The van der Waals surface area contributed by atoms with Crippen LogP contribution in [0.15, 0.2) is 27.8 Å². The number of primary amides is 1. The van der Waals surface area contributed by atoms with Gasteiger partial charge in [-0.1, -0.05) is 22.9 Å². The normalized spacial score (nSPS) is 10.5. The first-order valence-corrected chi connectivity index (χ1v) is 5.93. The molecule has 0 spiro atoms. The molecule has 1 aromatic carbocycles. The molecule has 0 bridgehead atoms. The van der Waals surface area contributed by atoms with E-state index >= 15 is 0 Å². The summed E-state index contributed by atoms with van der Waals surface area (Å²) in [6, 6.07) is 4.86. The van der Waals surface area contributed by atoms with Crippen LogP contribution in [0.25, 0.3) is 0 Å². The van der Waals surface area contributed by atoms with Crippen molar-refractivity contribution in [3.8, 4) is 5.75 Å². The van der Waals surface area contributed by atoms with Crippen LogP contribution in [0.3, 0.4) is 0 Å². The van der Waals surface area contributed by atoms with Gasteiger partial charge in [0, 0.05) is 10.0 Å². The number of urea groups is 1. The average Bonchev–Trinajstić information content (AvgIpc) is 2.27. The number of nitrogens with zero attached hydrogens (tertiary/aromatic N) is 1. The molecule has 0 atom stereocenters. The van der Waals surface area contributed by atoms with Gasteiger partial charge in [0.15, 0.2) is 0 Å². The second kappa shape index (κ2) is 6.90. The van der Waals surface area contributed by atoms with Gasteiger partial charge in [0.1, 0.15) is 5.75 Å². The number of halogens is 1. The van der Waals surface area contributed by atoms with E-state index in [4.69, 9.17) is 10.5 Å². The Morgan fingerprint density at radius 3 is 3.06 bits per heavy atom. The lowest BCUT2D eigenvalue weighted by atomic mass is 10.2. The second-order valence-electron chi connectivity index (χ2n) is 3.26. The molecule has 0 fully saturated rings. The van der Waals surface area contributed by atoms with Gasteiger partial charge in [0.25, 0.3) is 0 Å². The number of ether oxygens (including phenoxy) is 1. The third kappa shape index (κ3) is 4.86. The number of carbonyl (C=O) groups excluding carboxylic acids is 1. The number of carbonyl (C=O) groups is 1. The van der Waals surface area contributed by atoms with Crippen molar-refractivity contribution < 1.29 is 9.53 Å². The predicted octanol–water partition coefficient (Wildman–Crippen LogP) is 2.24. The van der Waals surface area contributed by atoms with Gasteiger partial charge in [-0.2, -0.15) is 5.10 Å². The van der Waals surface area contributed by atoms with Crippen molar-refractivity contribution in [2.75, 3.05) is 6.61 Å². The number of hydrogen-bond acceptors (Lipinski definition) is 3. The summed E-state index contributed by atoms with van der Waals surface area (Å²) in [7, 11) is 0. The molecule has 17 heavy (non-hydrogen) atoms. The van der Waals surface area contributed by atoms with Crippen molar-refractivity contribution in [2.45, 2.75) is 13.3 Å². The first-order chi connectivity index (χ1) is 8.13. The van der Waals surface area contributed by atoms with Gasteiger partial charge in [-0.15, -0.1) is 0 Å². The summed E-state index contributed by atoms with van der Waals surface area (Å²) in [5.41, 5.74) is 7.80. The average molecular weight is 300 g/mol. The molecular weight excluding hydrogens is 286 g/mol. The molecule has 1 rings (SSSR count). The van der Waals surface area contributed by atoms with Crippen LogP contribution in [0.1, 0.15) is 18.9 Å². The molecule has 0 radical (unpaired) electrons. The highest BCUT2D eigenvalue weighted by atomic mass is 79.9. The van der Waals surface area contributed by atoms with Crippen molar-refractivity contribution in [2.24, 2.45) is 10.8 Å². The third-order valence-corrected chi connectivity index (χ3v) is 2.31. The Bertz CT molecular complexity index is 421. The summed E-state index contributed by atoms with van der Waals surface area (Å²) >= 11 is 3.36. The van der Waals surface area contributed by atoms with E-state index in [9.17, 15) is 4.79 Å². The van der Waals surface area contributed by atoms with Gasteiger partial charge in [0.05, 0.1) is 12.8 Å². The largest absolute Gasteiger partial charge is 0.493 e. The topological polar surface area (TPSA) is 76.7 Å². The second-order valence-corrected chi connectivity index (χ2v) is 4.18. The molecule has 0 saturated heterocycles. The number of nitrogens with one attached hydrogen (secondary N) is 1. The fourth-order valence-corrected chi connectivity index (χ4v) is 1.51. The van der Waals surface area contributed by atoms with Gasteiger partial charge >= 0.3 is 6.03 Å². The van der Waals surface area contributed by atoms with E-state index in [2.05, 4.69) is 26.5 Å². The predicted molar refractivity (Wildman–Crippen MR) is 70.2 cm³/mol. The third-order valence-electron chi connectivity index (χ3n) is 1.81. The van der Waals surface area contributed by atoms with Crippen LogP contribution >= 0.6 is 15.9 Å². The lowest BCUT2D eigenvalue weighted by Gasteiger charge is -2.08. The minimum absolute atomic E-state index is 0.631. The van der Waals surface area contributed by atoms with E-state index in [1.54, 1.807) is 0 Å². The minimum atomic E-state index is -0.702. The van der Waals surface area contributed by atoms with Gasteiger partial charge < -0.3 is 10.5 Å². The molecule has 0 aliphatic rings. The van der Waals surface area contributed by atoms with Crippen molar-refractivity contribution in [1.82, 2.24) is 5.43 Å². The van der Waals surface area contributed by atoms with E-state index in [1.807, 2.05) is 25.1 Å². The SMILES string of the molecule is CCCOc1ccc(Br)cc1/C=N\NC(N)=O. The van der Waals surface area contributed by atoms with Crippen molar-refractivity contribution in [1.29, 1.82) is 0 Å². The van der Waals surface area contributed by atoms with Gasteiger partial charge in [-0.3, -0.25) is 0 Å². The number of amides is 2. The van der Waals surface area contributed by atoms with Crippen LogP contribution in [0.4, 0.5) is 4.79 Å². The zero-order valence-corrected chi connectivity index (χ0v) is 11.0. The van der Waals surface area contributed by atoms with E-state index in [-0.39, 0.29) is 0 Å². The number of rotatable bonds is 5. The Balaban J connectivity index is 2.82. The fourth-order valence-electron chi connectivity index (χ4n) is 1.13. The highest BCUT2D eigenvalue weighted by Crippen LogP contribution is 2.21. The van der Waals surface area contributed by atoms with Crippen LogP contribution in [0.2, 0.25) is 0 Å². The molecule has 0 heterocycles. The molecule has 5 nitrogen and oxygen atoms in total. The van der Waals surface area contributed by atoms with E-state index in [0.29, 0.717) is 12.4 Å². The Hall–Kier alpha value is -1.56. The maximum absolute atomic E-state index is 10.5. The van der Waals surface area contributed by atoms with Gasteiger partial charge in [-0.25, -0.2) is 10.2 Å². The van der Waals surface area contributed by atoms with Crippen LogP contribution in [-0.4, -0.2) is 18.9 Å². The monoisotopic (exact) mass is 299 g/mol. The standard InChI is InChI=1S/C11H14BrN3O2/c1-2-5-17-10-4-3-9(12)6-8(10)7-14-15-11(13)16/h3-4,6-7H,2,5H2,1H3,(H3,13,15,16)/b14-7-. The summed E-state index contributed by atoms with van der Waals surface area (Å²) in [6.45, 7) is 2.66. The quantitative estimate of drug-likeness (QED) is 0.646. The number of hydrazone groups is 1. The molecule has 0 saturated carbocycles. The van der Waals surface area contributed by atoms with Crippen molar-refractivity contribution in [3.05, 3.63) is 28.2 Å². The van der Waals surface area contributed by atoms with E-state index in [1.165, 1.54) is 6.21 Å². The zero-order chi connectivity index (χ0) is 12.7. The summed E-state index contributed by atoms with van der Waals surface area (Å²) in [6.07, 6.45) is 2.41.